The molecule has 1 heterocycles. The van der Waals surface area contributed by atoms with Gasteiger partial charge in [0.25, 0.3) is 0 Å². The first-order chi connectivity index (χ1) is 6.68. The molecule has 1 saturated heterocycles. The molecule has 76 valence electrons. The molecule has 1 nitrogen and oxygen atoms in total. The van der Waals surface area contributed by atoms with Gasteiger partial charge in [0.05, 0.1) is 0 Å². The first-order valence-corrected chi connectivity index (χ1v) is 5.53. The van der Waals surface area contributed by atoms with Crippen molar-refractivity contribution < 1.29 is 0 Å². The molecule has 2 heteroatoms. The fourth-order valence-corrected chi connectivity index (χ4v) is 2.38. The summed E-state index contributed by atoms with van der Waals surface area (Å²) in [5, 5.41) is 4.29. The molecule has 1 atom stereocenters. The first-order valence-electron chi connectivity index (χ1n) is 5.16. The van der Waals surface area contributed by atoms with Crippen LogP contribution in [0.2, 0.25) is 5.02 Å². The standard InChI is InChI=1S/C12H16ClN/c1-8-6-12(13)9(2)5-11(8)10-3-4-14-7-10/h5-6,10,14H,3-4,7H2,1-2H3. The predicted molar refractivity (Wildman–Crippen MR) is 61.2 cm³/mol. The van der Waals surface area contributed by atoms with E-state index in [9.17, 15) is 0 Å². The number of aryl methyl sites for hydroxylation is 2. The van der Waals surface area contributed by atoms with E-state index in [1.165, 1.54) is 23.1 Å². The van der Waals surface area contributed by atoms with Gasteiger partial charge in [-0.1, -0.05) is 17.7 Å². The largest absolute Gasteiger partial charge is 0.316 e. The van der Waals surface area contributed by atoms with Gasteiger partial charge < -0.3 is 5.32 Å². The summed E-state index contributed by atoms with van der Waals surface area (Å²) < 4.78 is 0. The molecule has 0 radical (unpaired) electrons. The van der Waals surface area contributed by atoms with Crippen LogP contribution in [0.1, 0.15) is 29.0 Å². The molecular formula is C12H16ClN. The summed E-state index contributed by atoms with van der Waals surface area (Å²) in [6.07, 6.45) is 1.25. The molecule has 0 amide bonds. The first kappa shape index (κ1) is 10.0. The van der Waals surface area contributed by atoms with Crippen molar-refractivity contribution >= 4 is 11.6 Å². The quantitative estimate of drug-likeness (QED) is 0.750. The molecule has 0 aromatic heterocycles. The van der Waals surface area contributed by atoms with Gasteiger partial charge in [-0.2, -0.15) is 0 Å². The Kier molecular flexibility index (Phi) is 2.80. The normalized spacial score (nSPS) is 21.5. The fourth-order valence-electron chi connectivity index (χ4n) is 2.16. The Morgan fingerprint density at radius 2 is 2.07 bits per heavy atom. The third-order valence-electron chi connectivity index (χ3n) is 3.05. The number of hydrogen-bond donors (Lipinski definition) is 1. The third-order valence-corrected chi connectivity index (χ3v) is 3.45. The highest BCUT2D eigenvalue weighted by Crippen LogP contribution is 2.29. The Hall–Kier alpha value is -0.530. The van der Waals surface area contributed by atoms with E-state index in [1.807, 2.05) is 0 Å². The lowest BCUT2D eigenvalue weighted by Crippen LogP contribution is -2.08. The molecule has 1 N–H and O–H groups in total. The van der Waals surface area contributed by atoms with Crippen LogP contribution in [0, 0.1) is 13.8 Å². The fraction of sp³-hybridized carbons (Fsp3) is 0.500. The van der Waals surface area contributed by atoms with Crippen molar-refractivity contribution in [3.63, 3.8) is 0 Å². The maximum atomic E-state index is 6.08. The van der Waals surface area contributed by atoms with E-state index in [4.69, 9.17) is 11.6 Å². The van der Waals surface area contributed by atoms with Gasteiger partial charge in [-0.15, -0.1) is 0 Å². The Bertz CT molecular complexity index is 340. The minimum absolute atomic E-state index is 0.686. The molecule has 0 aliphatic carbocycles. The number of nitrogens with one attached hydrogen (secondary N) is 1. The lowest BCUT2D eigenvalue weighted by Gasteiger charge is -2.14. The minimum atomic E-state index is 0.686. The van der Waals surface area contributed by atoms with Gasteiger partial charge in [-0.25, -0.2) is 0 Å². The molecule has 2 rings (SSSR count). The smallest absolute Gasteiger partial charge is 0.0438 e. The van der Waals surface area contributed by atoms with Crippen LogP contribution in [-0.4, -0.2) is 13.1 Å². The van der Waals surface area contributed by atoms with E-state index < -0.39 is 0 Å². The van der Waals surface area contributed by atoms with E-state index in [0.717, 1.165) is 18.1 Å². The molecule has 1 unspecified atom stereocenters. The topological polar surface area (TPSA) is 12.0 Å². The molecular weight excluding hydrogens is 194 g/mol. The molecule has 1 aliphatic heterocycles. The Labute approximate surface area is 90.5 Å². The Morgan fingerprint density at radius 1 is 1.29 bits per heavy atom. The van der Waals surface area contributed by atoms with E-state index >= 15 is 0 Å². The second-order valence-corrected chi connectivity index (χ2v) is 4.55. The maximum Gasteiger partial charge on any atom is 0.0438 e. The summed E-state index contributed by atoms with van der Waals surface area (Å²) in [5.41, 5.74) is 3.99. The SMILES string of the molecule is Cc1cc(C2CCNC2)c(C)cc1Cl. The molecule has 1 aliphatic rings. The Morgan fingerprint density at radius 3 is 2.71 bits per heavy atom. The second kappa shape index (κ2) is 3.92. The minimum Gasteiger partial charge on any atom is -0.316 e. The van der Waals surface area contributed by atoms with Crippen molar-refractivity contribution in [3.05, 3.63) is 33.8 Å². The van der Waals surface area contributed by atoms with E-state index in [1.54, 1.807) is 0 Å². The monoisotopic (exact) mass is 209 g/mol. The second-order valence-electron chi connectivity index (χ2n) is 4.15. The molecule has 0 spiro atoms. The van der Waals surface area contributed by atoms with Gasteiger partial charge in [0.2, 0.25) is 0 Å². The Balaban J connectivity index is 2.37. The van der Waals surface area contributed by atoms with Crippen LogP contribution in [0.3, 0.4) is 0 Å². The maximum absolute atomic E-state index is 6.08. The summed E-state index contributed by atoms with van der Waals surface area (Å²) in [6.45, 7) is 6.49. The summed E-state index contributed by atoms with van der Waals surface area (Å²) in [6, 6.07) is 4.33. The molecule has 0 bridgehead atoms. The van der Waals surface area contributed by atoms with Gasteiger partial charge in [-0.3, -0.25) is 0 Å². The zero-order valence-electron chi connectivity index (χ0n) is 8.73. The van der Waals surface area contributed by atoms with Crippen LogP contribution in [-0.2, 0) is 0 Å². The highest BCUT2D eigenvalue weighted by atomic mass is 35.5. The summed E-state index contributed by atoms with van der Waals surface area (Å²) >= 11 is 6.08. The van der Waals surface area contributed by atoms with Gasteiger partial charge in [-0.05, 0) is 55.5 Å². The van der Waals surface area contributed by atoms with E-state index in [0.29, 0.717) is 5.92 Å². The summed E-state index contributed by atoms with van der Waals surface area (Å²) in [5.74, 6) is 0.686. The van der Waals surface area contributed by atoms with Crippen molar-refractivity contribution in [2.75, 3.05) is 13.1 Å². The van der Waals surface area contributed by atoms with Crippen LogP contribution in [0.15, 0.2) is 12.1 Å². The summed E-state index contributed by atoms with van der Waals surface area (Å²) in [4.78, 5) is 0. The average Bonchev–Trinajstić information content (AvgIpc) is 2.64. The number of hydrogen-bond acceptors (Lipinski definition) is 1. The van der Waals surface area contributed by atoms with Crippen LogP contribution in [0.4, 0.5) is 0 Å². The van der Waals surface area contributed by atoms with Crippen LogP contribution >= 0.6 is 11.6 Å². The lowest BCUT2D eigenvalue weighted by atomic mass is 9.93. The van der Waals surface area contributed by atoms with Gasteiger partial charge >= 0.3 is 0 Å². The van der Waals surface area contributed by atoms with Gasteiger partial charge in [0, 0.05) is 11.6 Å². The van der Waals surface area contributed by atoms with Crippen molar-refractivity contribution in [2.24, 2.45) is 0 Å². The molecule has 1 fully saturated rings. The zero-order valence-corrected chi connectivity index (χ0v) is 9.49. The predicted octanol–water partition coefficient (Wildman–Crippen LogP) is 3.03. The highest BCUT2D eigenvalue weighted by molar-refractivity contribution is 6.31. The van der Waals surface area contributed by atoms with Gasteiger partial charge in [0.1, 0.15) is 0 Å². The van der Waals surface area contributed by atoms with Crippen LogP contribution in [0.5, 0.6) is 0 Å². The number of halogens is 1. The van der Waals surface area contributed by atoms with Crippen molar-refractivity contribution in [2.45, 2.75) is 26.2 Å². The molecule has 1 aromatic rings. The van der Waals surface area contributed by atoms with Crippen molar-refractivity contribution in [1.29, 1.82) is 0 Å². The zero-order chi connectivity index (χ0) is 10.1. The van der Waals surface area contributed by atoms with Gasteiger partial charge in [0.15, 0.2) is 0 Å². The molecule has 0 saturated carbocycles. The van der Waals surface area contributed by atoms with Crippen molar-refractivity contribution in [1.82, 2.24) is 5.32 Å². The number of rotatable bonds is 1. The summed E-state index contributed by atoms with van der Waals surface area (Å²) in [7, 11) is 0. The molecule has 14 heavy (non-hydrogen) atoms. The van der Waals surface area contributed by atoms with E-state index in [-0.39, 0.29) is 0 Å². The van der Waals surface area contributed by atoms with Crippen molar-refractivity contribution in [3.8, 4) is 0 Å². The van der Waals surface area contributed by atoms with Crippen LogP contribution in [0.25, 0.3) is 0 Å². The number of benzene rings is 1. The average molecular weight is 210 g/mol. The third kappa shape index (κ3) is 1.79. The van der Waals surface area contributed by atoms with E-state index in [2.05, 4.69) is 31.3 Å². The van der Waals surface area contributed by atoms with Crippen LogP contribution < -0.4 is 5.32 Å². The highest BCUT2D eigenvalue weighted by Gasteiger charge is 2.18. The lowest BCUT2D eigenvalue weighted by molar-refractivity contribution is 0.756. The molecule has 1 aromatic carbocycles.